The van der Waals surface area contributed by atoms with Crippen molar-refractivity contribution in [3.63, 3.8) is 0 Å². The fourth-order valence-electron chi connectivity index (χ4n) is 0.818. The van der Waals surface area contributed by atoms with Gasteiger partial charge in [-0.15, -0.1) is 0 Å². The summed E-state index contributed by atoms with van der Waals surface area (Å²) < 4.78 is 24.6. The van der Waals surface area contributed by atoms with Gasteiger partial charge in [0.15, 0.2) is 0 Å². The van der Waals surface area contributed by atoms with Crippen molar-refractivity contribution in [1.82, 2.24) is 4.72 Å². The summed E-state index contributed by atoms with van der Waals surface area (Å²) in [5.74, 6) is -0.130. The number of hydrogen-bond acceptors (Lipinski definition) is 4. The maximum atomic E-state index is 11.2. The molecule has 0 spiro atoms. The van der Waals surface area contributed by atoms with Gasteiger partial charge in [0, 0.05) is 0 Å². The number of hydrogen-bond donors (Lipinski definition) is 3. The molecule has 1 aromatic rings. The van der Waals surface area contributed by atoms with E-state index in [9.17, 15) is 8.42 Å². The standard InChI is InChI=1S/C7H10N2O3S/c1-9-13(11,12)5-2-3-7(10)6(8)4-5/h2-4,9-10H,8H2,1H3. The molecule has 0 aliphatic carbocycles. The maximum Gasteiger partial charge on any atom is 0.240 e. The summed E-state index contributed by atoms with van der Waals surface area (Å²) in [4.78, 5) is 0.0327. The minimum atomic E-state index is -3.48. The summed E-state index contributed by atoms with van der Waals surface area (Å²) in [6.07, 6.45) is 0. The van der Waals surface area contributed by atoms with Crippen LogP contribution in [-0.2, 0) is 10.0 Å². The fourth-order valence-corrected chi connectivity index (χ4v) is 1.58. The molecule has 13 heavy (non-hydrogen) atoms. The third kappa shape index (κ3) is 1.90. The summed E-state index contributed by atoms with van der Waals surface area (Å²) in [5.41, 5.74) is 5.37. The lowest BCUT2D eigenvalue weighted by atomic mass is 10.3. The minimum absolute atomic E-state index is 0.0327. The van der Waals surface area contributed by atoms with E-state index in [1.165, 1.54) is 25.2 Å². The number of phenolic OH excluding ortho intramolecular Hbond substituents is 1. The Hall–Kier alpha value is -1.27. The van der Waals surface area contributed by atoms with Crippen LogP contribution in [0.15, 0.2) is 23.1 Å². The molecule has 0 fully saturated rings. The van der Waals surface area contributed by atoms with Crippen molar-refractivity contribution in [1.29, 1.82) is 0 Å². The Morgan fingerprint density at radius 1 is 1.46 bits per heavy atom. The molecule has 0 radical (unpaired) electrons. The molecule has 0 aromatic heterocycles. The van der Waals surface area contributed by atoms with Crippen molar-refractivity contribution in [3.8, 4) is 5.75 Å². The summed E-state index contributed by atoms with van der Waals surface area (Å²) >= 11 is 0. The Bertz CT molecular complexity index is 414. The molecule has 5 nitrogen and oxygen atoms in total. The lowest BCUT2D eigenvalue weighted by molar-refractivity contribution is 0.477. The lowest BCUT2D eigenvalue weighted by Crippen LogP contribution is -2.18. The predicted octanol–water partition coefficient (Wildman–Crippen LogP) is -0.118. The first kappa shape index (κ1) is 9.82. The summed E-state index contributed by atoms with van der Waals surface area (Å²) in [6, 6.07) is 3.71. The van der Waals surface area contributed by atoms with Crippen LogP contribution >= 0.6 is 0 Å². The highest BCUT2D eigenvalue weighted by Crippen LogP contribution is 2.22. The number of sulfonamides is 1. The van der Waals surface area contributed by atoms with E-state index >= 15 is 0 Å². The van der Waals surface area contributed by atoms with Gasteiger partial charge in [-0.25, -0.2) is 13.1 Å². The molecule has 0 bridgehead atoms. The van der Waals surface area contributed by atoms with Crippen LogP contribution in [0, 0.1) is 0 Å². The van der Waals surface area contributed by atoms with E-state index in [-0.39, 0.29) is 16.3 Å². The molecule has 0 saturated heterocycles. The second-order valence-corrected chi connectivity index (χ2v) is 4.31. The zero-order valence-electron chi connectivity index (χ0n) is 6.98. The second-order valence-electron chi connectivity index (χ2n) is 2.43. The molecule has 1 rings (SSSR count). The Morgan fingerprint density at radius 2 is 2.08 bits per heavy atom. The number of rotatable bonds is 2. The number of phenols is 1. The smallest absolute Gasteiger partial charge is 0.240 e. The normalized spacial score (nSPS) is 11.5. The summed E-state index contributed by atoms with van der Waals surface area (Å²) in [5, 5.41) is 9.04. The Morgan fingerprint density at radius 3 is 2.54 bits per heavy atom. The van der Waals surface area contributed by atoms with Gasteiger partial charge < -0.3 is 10.8 Å². The summed E-state index contributed by atoms with van der Waals surface area (Å²) in [7, 11) is -2.17. The quantitative estimate of drug-likeness (QED) is 0.460. The van der Waals surface area contributed by atoms with Crippen molar-refractivity contribution in [2.24, 2.45) is 0 Å². The molecular weight excluding hydrogens is 192 g/mol. The average Bonchev–Trinajstić information content (AvgIpc) is 2.09. The number of nitrogens with two attached hydrogens (primary N) is 1. The van der Waals surface area contributed by atoms with Crippen molar-refractivity contribution in [2.75, 3.05) is 12.8 Å². The van der Waals surface area contributed by atoms with Crippen LogP contribution in [0.4, 0.5) is 5.69 Å². The fraction of sp³-hybridized carbons (Fsp3) is 0.143. The molecule has 0 unspecified atom stereocenters. The van der Waals surface area contributed by atoms with Crippen LogP contribution < -0.4 is 10.5 Å². The molecule has 0 atom stereocenters. The van der Waals surface area contributed by atoms with Gasteiger partial charge in [-0.05, 0) is 25.2 Å². The monoisotopic (exact) mass is 202 g/mol. The lowest BCUT2D eigenvalue weighted by Gasteiger charge is -2.03. The molecule has 0 aliphatic rings. The molecule has 4 N–H and O–H groups in total. The Kier molecular flexibility index (Phi) is 2.44. The molecule has 0 amide bonds. The second kappa shape index (κ2) is 3.23. The topological polar surface area (TPSA) is 92.4 Å². The van der Waals surface area contributed by atoms with Gasteiger partial charge in [0.1, 0.15) is 5.75 Å². The van der Waals surface area contributed by atoms with Gasteiger partial charge in [-0.1, -0.05) is 0 Å². The highest BCUT2D eigenvalue weighted by atomic mass is 32.2. The number of aromatic hydroxyl groups is 1. The molecule has 0 heterocycles. The van der Waals surface area contributed by atoms with Crippen molar-refractivity contribution in [3.05, 3.63) is 18.2 Å². The first-order chi connectivity index (χ1) is 5.97. The van der Waals surface area contributed by atoms with E-state index in [4.69, 9.17) is 10.8 Å². The van der Waals surface area contributed by atoms with E-state index in [2.05, 4.69) is 4.72 Å². The molecular formula is C7H10N2O3S. The zero-order valence-corrected chi connectivity index (χ0v) is 7.80. The molecule has 1 aromatic carbocycles. The van der Waals surface area contributed by atoms with E-state index in [1.807, 2.05) is 0 Å². The summed E-state index contributed by atoms with van der Waals surface area (Å²) in [6.45, 7) is 0. The maximum absolute atomic E-state index is 11.2. The van der Waals surface area contributed by atoms with Crippen molar-refractivity contribution < 1.29 is 13.5 Å². The zero-order chi connectivity index (χ0) is 10.1. The number of nitrogen functional groups attached to an aromatic ring is 1. The third-order valence-corrected chi connectivity index (χ3v) is 2.99. The molecule has 0 saturated carbocycles. The first-order valence-corrected chi connectivity index (χ1v) is 4.98. The Balaban J connectivity index is 3.27. The van der Waals surface area contributed by atoms with Gasteiger partial charge in [0.2, 0.25) is 10.0 Å². The highest BCUT2D eigenvalue weighted by molar-refractivity contribution is 7.89. The molecule has 0 aliphatic heterocycles. The Labute approximate surface area is 76.2 Å². The van der Waals surface area contributed by atoms with Gasteiger partial charge in [-0.2, -0.15) is 0 Å². The molecule has 72 valence electrons. The third-order valence-electron chi connectivity index (χ3n) is 1.58. The van der Waals surface area contributed by atoms with Gasteiger partial charge >= 0.3 is 0 Å². The van der Waals surface area contributed by atoms with Crippen LogP contribution in [0.25, 0.3) is 0 Å². The van der Waals surface area contributed by atoms with Crippen LogP contribution in [0.2, 0.25) is 0 Å². The first-order valence-electron chi connectivity index (χ1n) is 3.49. The van der Waals surface area contributed by atoms with Crippen LogP contribution in [0.1, 0.15) is 0 Å². The number of anilines is 1. The van der Waals surface area contributed by atoms with Crippen LogP contribution in [0.3, 0.4) is 0 Å². The van der Waals surface area contributed by atoms with Crippen LogP contribution in [-0.4, -0.2) is 20.6 Å². The van der Waals surface area contributed by atoms with E-state index < -0.39 is 10.0 Å². The van der Waals surface area contributed by atoms with Crippen LogP contribution in [0.5, 0.6) is 5.75 Å². The van der Waals surface area contributed by atoms with E-state index in [1.54, 1.807) is 0 Å². The molecule has 6 heteroatoms. The van der Waals surface area contributed by atoms with Gasteiger partial charge in [-0.3, -0.25) is 0 Å². The number of nitrogens with one attached hydrogen (secondary N) is 1. The minimum Gasteiger partial charge on any atom is -0.506 e. The van der Waals surface area contributed by atoms with Gasteiger partial charge in [0.25, 0.3) is 0 Å². The van der Waals surface area contributed by atoms with Crippen molar-refractivity contribution in [2.45, 2.75) is 4.90 Å². The SMILES string of the molecule is CNS(=O)(=O)c1ccc(O)c(N)c1. The van der Waals surface area contributed by atoms with Gasteiger partial charge in [0.05, 0.1) is 10.6 Å². The highest BCUT2D eigenvalue weighted by Gasteiger charge is 2.12. The number of benzene rings is 1. The van der Waals surface area contributed by atoms with E-state index in [0.717, 1.165) is 0 Å². The van der Waals surface area contributed by atoms with E-state index in [0.29, 0.717) is 0 Å². The average molecular weight is 202 g/mol. The largest absolute Gasteiger partial charge is 0.506 e. The van der Waals surface area contributed by atoms with Crippen molar-refractivity contribution >= 4 is 15.7 Å². The predicted molar refractivity (Wildman–Crippen MR) is 48.8 cm³/mol.